The van der Waals surface area contributed by atoms with Crippen LogP contribution in [0, 0.1) is 6.92 Å². The topological polar surface area (TPSA) is 57.1 Å². The zero-order valence-corrected chi connectivity index (χ0v) is 17.4. The normalized spacial score (nSPS) is 16.3. The van der Waals surface area contributed by atoms with Crippen LogP contribution in [0.1, 0.15) is 24.8 Å². The van der Waals surface area contributed by atoms with Gasteiger partial charge < -0.3 is 14.2 Å². The van der Waals surface area contributed by atoms with Gasteiger partial charge in [0.2, 0.25) is 0 Å². The zero-order chi connectivity index (χ0) is 19.2. The van der Waals surface area contributed by atoms with Crippen LogP contribution in [-0.2, 0) is 14.3 Å². The summed E-state index contributed by atoms with van der Waals surface area (Å²) < 4.78 is 15.5. The highest BCUT2D eigenvalue weighted by Gasteiger charge is 2.20. The van der Waals surface area contributed by atoms with Gasteiger partial charge in [-0.3, -0.25) is 0 Å². The standard InChI is InChI=1S/C16H21NO3Si.C4H8O/c1-11-6-7-12(21(3,4)5)10-14(11)20-15-9-8-13(17-15)16(18)19-2;1-2-4-5-3-1/h6-8,10H,9H2,1-5H3;1-4H2. The molecule has 1 saturated heterocycles. The molecular weight excluding hydrogens is 346 g/mol. The molecule has 0 N–H and O–H groups in total. The van der Waals surface area contributed by atoms with Crippen molar-refractivity contribution in [1.82, 2.24) is 0 Å². The van der Waals surface area contributed by atoms with E-state index < -0.39 is 14.0 Å². The van der Waals surface area contributed by atoms with Crippen LogP contribution in [0.2, 0.25) is 19.6 Å². The average Bonchev–Trinajstić information content (AvgIpc) is 3.29. The van der Waals surface area contributed by atoms with E-state index in [1.807, 2.05) is 6.92 Å². The van der Waals surface area contributed by atoms with E-state index in [-0.39, 0.29) is 0 Å². The summed E-state index contributed by atoms with van der Waals surface area (Å²) in [5, 5.41) is 1.34. The minimum absolute atomic E-state index is 0.312. The maximum absolute atomic E-state index is 11.4. The molecule has 1 fully saturated rings. The second-order valence-corrected chi connectivity index (χ2v) is 12.5. The first-order valence-electron chi connectivity index (χ1n) is 9.04. The van der Waals surface area contributed by atoms with Gasteiger partial charge in [0.1, 0.15) is 11.4 Å². The van der Waals surface area contributed by atoms with E-state index in [9.17, 15) is 4.79 Å². The molecule has 2 aliphatic rings. The molecule has 2 heterocycles. The molecule has 1 aromatic rings. The molecule has 0 saturated carbocycles. The van der Waals surface area contributed by atoms with Crippen LogP contribution in [-0.4, -0.2) is 40.3 Å². The number of carbonyl (C=O) groups is 1. The van der Waals surface area contributed by atoms with Crippen molar-refractivity contribution in [2.75, 3.05) is 20.3 Å². The number of hydrogen-bond donors (Lipinski definition) is 0. The molecule has 6 heteroatoms. The summed E-state index contributed by atoms with van der Waals surface area (Å²) in [5.41, 5.74) is 1.37. The van der Waals surface area contributed by atoms with Crippen LogP contribution in [0.25, 0.3) is 0 Å². The first kappa shape index (κ1) is 20.4. The highest BCUT2D eigenvalue weighted by atomic mass is 28.3. The van der Waals surface area contributed by atoms with Crippen molar-refractivity contribution in [2.45, 2.75) is 45.8 Å². The Balaban J connectivity index is 0.000000417. The number of aliphatic imine (C=N–C) groups is 1. The third kappa shape index (κ3) is 5.81. The van der Waals surface area contributed by atoms with Gasteiger partial charge in [0.15, 0.2) is 5.90 Å². The number of nitrogens with zero attached hydrogens (tertiary/aromatic N) is 1. The third-order valence-corrected chi connectivity index (χ3v) is 6.26. The maximum Gasteiger partial charge on any atom is 0.356 e. The molecule has 2 aliphatic heterocycles. The summed E-state index contributed by atoms with van der Waals surface area (Å²) in [4.78, 5) is 15.6. The Hall–Kier alpha value is -1.92. The number of hydrogen-bond acceptors (Lipinski definition) is 5. The van der Waals surface area contributed by atoms with Crippen LogP contribution in [0.5, 0.6) is 5.75 Å². The molecule has 0 atom stereocenters. The molecule has 0 unspecified atom stereocenters. The summed E-state index contributed by atoms with van der Waals surface area (Å²) >= 11 is 0. The predicted octanol–water partition coefficient (Wildman–Crippen LogP) is 3.57. The van der Waals surface area contributed by atoms with Gasteiger partial charge in [-0.05, 0) is 37.5 Å². The Morgan fingerprint density at radius 2 is 1.88 bits per heavy atom. The minimum atomic E-state index is -1.39. The lowest BCUT2D eigenvalue weighted by Crippen LogP contribution is -2.37. The van der Waals surface area contributed by atoms with Gasteiger partial charge in [0, 0.05) is 19.6 Å². The Bertz CT molecular complexity index is 693. The molecule has 26 heavy (non-hydrogen) atoms. The van der Waals surface area contributed by atoms with E-state index in [1.165, 1.54) is 25.1 Å². The Morgan fingerprint density at radius 1 is 1.19 bits per heavy atom. The van der Waals surface area contributed by atoms with Crippen molar-refractivity contribution in [3.63, 3.8) is 0 Å². The van der Waals surface area contributed by atoms with Crippen molar-refractivity contribution >= 4 is 25.1 Å². The average molecular weight is 376 g/mol. The largest absolute Gasteiger partial charge is 0.464 e. The number of carbonyl (C=O) groups excluding carboxylic acids is 1. The summed E-state index contributed by atoms with van der Waals surface area (Å²) in [6, 6.07) is 6.34. The van der Waals surface area contributed by atoms with Gasteiger partial charge in [-0.15, -0.1) is 0 Å². The smallest absolute Gasteiger partial charge is 0.356 e. The molecule has 0 aliphatic carbocycles. The minimum Gasteiger partial charge on any atom is -0.464 e. The number of benzene rings is 1. The fourth-order valence-corrected chi connectivity index (χ4v) is 3.67. The molecule has 142 valence electrons. The Morgan fingerprint density at radius 3 is 2.42 bits per heavy atom. The number of ether oxygens (including phenoxy) is 3. The van der Waals surface area contributed by atoms with Crippen LogP contribution < -0.4 is 9.92 Å². The van der Waals surface area contributed by atoms with Gasteiger partial charge in [-0.25, -0.2) is 9.79 Å². The molecule has 0 radical (unpaired) electrons. The zero-order valence-electron chi connectivity index (χ0n) is 16.4. The lowest BCUT2D eigenvalue weighted by molar-refractivity contribution is -0.136. The molecule has 5 nitrogen and oxygen atoms in total. The number of aryl methyl sites for hydroxylation is 1. The lowest BCUT2D eigenvalue weighted by Gasteiger charge is -2.18. The van der Waals surface area contributed by atoms with E-state index in [0.29, 0.717) is 18.0 Å². The third-order valence-electron chi connectivity index (χ3n) is 4.22. The van der Waals surface area contributed by atoms with Gasteiger partial charge in [0.05, 0.1) is 15.2 Å². The van der Waals surface area contributed by atoms with Gasteiger partial charge in [0.25, 0.3) is 0 Å². The highest BCUT2D eigenvalue weighted by Crippen LogP contribution is 2.21. The molecule has 0 aromatic heterocycles. The van der Waals surface area contributed by atoms with Crippen molar-refractivity contribution in [3.8, 4) is 5.75 Å². The quantitative estimate of drug-likeness (QED) is 0.599. The lowest BCUT2D eigenvalue weighted by atomic mass is 10.2. The predicted molar refractivity (Wildman–Crippen MR) is 107 cm³/mol. The summed E-state index contributed by atoms with van der Waals surface area (Å²) in [5.74, 6) is 0.917. The number of esters is 1. The second kappa shape index (κ2) is 9.14. The fourth-order valence-electron chi connectivity index (χ4n) is 2.52. The van der Waals surface area contributed by atoms with Gasteiger partial charge in [-0.1, -0.05) is 37.0 Å². The van der Waals surface area contributed by atoms with E-state index >= 15 is 0 Å². The first-order chi connectivity index (χ1) is 12.3. The molecule has 3 rings (SSSR count). The highest BCUT2D eigenvalue weighted by molar-refractivity contribution is 6.88. The molecule has 1 aromatic carbocycles. The van der Waals surface area contributed by atoms with E-state index in [4.69, 9.17) is 9.47 Å². The fraction of sp³-hybridized carbons (Fsp3) is 0.500. The number of rotatable bonds is 3. The second-order valence-electron chi connectivity index (χ2n) is 7.44. The molecule has 0 bridgehead atoms. The number of methoxy groups -OCH3 is 1. The van der Waals surface area contributed by atoms with Gasteiger partial charge in [-0.2, -0.15) is 0 Å². The van der Waals surface area contributed by atoms with Crippen LogP contribution in [0.3, 0.4) is 0 Å². The Kier molecular flexibility index (Phi) is 7.17. The van der Waals surface area contributed by atoms with Crippen molar-refractivity contribution in [1.29, 1.82) is 0 Å². The molecule has 0 spiro atoms. The van der Waals surface area contributed by atoms with Crippen LogP contribution >= 0.6 is 0 Å². The van der Waals surface area contributed by atoms with E-state index in [2.05, 4.69) is 47.6 Å². The van der Waals surface area contributed by atoms with Crippen molar-refractivity contribution in [3.05, 3.63) is 35.5 Å². The Labute approximate surface area is 157 Å². The summed E-state index contributed by atoms with van der Waals surface area (Å²) in [6.45, 7) is 10.9. The van der Waals surface area contributed by atoms with E-state index in [0.717, 1.165) is 24.5 Å². The molecule has 0 amide bonds. The molecular formula is C20H29NO4Si. The van der Waals surface area contributed by atoms with Crippen molar-refractivity contribution in [2.24, 2.45) is 4.99 Å². The maximum atomic E-state index is 11.4. The summed E-state index contributed by atoms with van der Waals surface area (Å²) in [6.07, 6.45) is 4.79. The monoisotopic (exact) mass is 375 g/mol. The summed E-state index contributed by atoms with van der Waals surface area (Å²) in [7, 11) is -0.0413. The first-order valence-corrected chi connectivity index (χ1v) is 12.5. The van der Waals surface area contributed by atoms with E-state index in [1.54, 1.807) is 6.08 Å². The van der Waals surface area contributed by atoms with Crippen LogP contribution in [0.4, 0.5) is 0 Å². The van der Waals surface area contributed by atoms with Crippen molar-refractivity contribution < 1.29 is 19.0 Å². The SMILES string of the molecule is C1CCOC1.COC(=O)C1=CCC(Oc2cc([Si](C)(C)C)ccc2C)=N1. The van der Waals surface area contributed by atoms with Gasteiger partial charge >= 0.3 is 5.97 Å². The van der Waals surface area contributed by atoms with Crippen LogP contribution in [0.15, 0.2) is 35.0 Å².